The lowest BCUT2D eigenvalue weighted by Crippen LogP contribution is -2.10. The minimum atomic E-state index is -4.75. The van der Waals surface area contributed by atoms with E-state index < -0.39 is 22.4 Å². The highest BCUT2D eigenvalue weighted by Gasteiger charge is 2.39. The van der Waals surface area contributed by atoms with E-state index >= 15 is 0 Å². The van der Waals surface area contributed by atoms with E-state index in [2.05, 4.69) is 0 Å². The molecule has 7 heteroatoms. The molecule has 1 aromatic rings. The average Bonchev–Trinajstić information content (AvgIpc) is 2.06. The van der Waals surface area contributed by atoms with Crippen LogP contribution in [0.1, 0.15) is 11.1 Å². The first kappa shape index (κ1) is 11.8. The van der Waals surface area contributed by atoms with Crippen LogP contribution in [0.25, 0.3) is 0 Å². The third kappa shape index (κ3) is 2.20. The summed E-state index contributed by atoms with van der Waals surface area (Å²) in [5.74, 6) is 0. The highest BCUT2D eigenvalue weighted by atomic mass is 35.5. The molecule has 0 heterocycles. The summed E-state index contributed by atoms with van der Waals surface area (Å²) in [7, 11) is 0. The highest BCUT2D eigenvalue weighted by molar-refractivity contribution is 6.31. The van der Waals surface area contributed by atoms with Gasteiger partial charge in [0.2, 0.25) is 0 Å². The number of nitro benzene ring substituents is 1. The second-order valence-corrected chi connectivity index (χ2v) is 3.23. The lowest BCUT2D eigenvalue weighted by molar-refractivity contribution is -0.388. The second-order valence-electron chi connectivity index (χ2n) is 2.82. The molecule has 3 nitrogen and oxygen atoms in total. The zero-order chi connectivity index (χ0) is 11.8. The van der Waals surface area contributed by atoms with Gasteiger partial charge in [0, 0.05) is 5.56 Å². The molecule has 1 aromatic carbocycles. The van der Waals surface area contributed by atoms with Gasteiger partial charge in [-0.05, 0) is 19.1 Å². The molecular weight excluding hydrogens is 235 g/mol. The number of hydrogen-bond acceptors (Lipinski definition) is 2. The summed E-state index contributed by atoms with van der Waals surface area (Å²) in [5.41, 5.74) is -2.46. The Hall–Kier alpha value is -1.30. The smallest absolute Gasteiger partial charge is 0.258 e. The van der Waals surface area contributed by atoms with Crippen LogP contribution in [0.2, 0.25) is 5.02 Å². The van der Waals surface area contributed by atoms with Crippen molar-refractivity contribution < 1.29 is 18.1 Å². The molecule has 0 amide bonds. The summed E-state index contributed by atoms with van der Waals surface area (Å²) in [6, 6.07) is 1.60. The van der Waals surface area contributed by atoms with Crippen molar-refractivity contribution >= 4 is 17.3 Å². The Morgan fingerprint density at radius 2 is 1.93 bits per heavy atom. The maximum Gasteiger partial charge on any atom is 0.423 e. The molecule has 0 aliphatic rings. The van der Waals surface area contributed by atoms with Crippen molar-refractivity contribution in [2.45, 2.75) is 13.1 Å². The molecule has 82 valence electrons. The molecule has 0 radical (unpaired) electrons. The average molecular weight is 240 g/mol. The molecular formula is C8H5ClF3NO2. The number of benzene rings is 1. The maximum absolute atomic E-state index is 12.4. The van der Waals surface area contributed by atoms with Gasteiger partial charge in [0.1, 0.15) is 5.56 Å². The van der Waals surface area contributed by atoms with E-state index in [1.807, 2.05) is 0 Å². The zero-order valence-electron chi connectivity index (χ0n) is 7.43. The molecule has 0 N–H and O–H groups in total. The van der Waals surface area contributed by atoms with Crippen LogP contribution in [-0.4, -0.2) is 4.92 Å². The third-order valence-corrected chi connectivity index (χ3v) is 2.26. The summed E-state index contributed by atoms with van der Waals surface area (Å²) in [6.45, 7) is 1.18. The van der Waals surface area contributed by atoms with Crippen molar-refractivity contribution in [2.75, 3.05) is 0 Å². The van der Waals surface area contributed by atoms with Gasteiger partial charge < -0.3 is 0 Å². The van der Waals surface area contributed by atoms with E-state index in [0.29, 0.717) is 6.07 Å². The van der Waals surface area contributed by atoms with Crippen LogP contribution in [-0.2, 0) is 6.18 Å². The Kier molecular flexibility index (Phi) is 2.90. The minimum absolute atomic E-state index is 0.0605. The fourth-order valence-corrected chi connectivity index (χ4v) is 1.29. The van der Waals surface area contributed by atoms with E-state index in [-0.39, 0.29) is 10.6 Å². The number of halogens is 4. The van der Waals surface area contributed by atoms with Crippen LogP contribution in [0.4, 0.5) is 18.9 Å². The standard InChI is InChI=1S/C8H5ClF3NO2/c1-4-6(9)3-2-5(8(10,11)12)7(4)13(14)15/h2-3H,1H3. The minimum Gasteiger partial charge on any atom is -0.258 e. The molecule has 0 saturated heterocycles. The van der Waals surface area contributed by atoms with Gasteiger partial charge in [0.05, 0.1) is 9.95 Å². The Balaban J connectivity index is 3.55. The van der Waals surface area contributed by atoms with Crippen molar-refractivity contribution in [1.29, 1.82) is 0 Å². The van der Waals surface area contributed by atoms with Crippen molar-refractivity contribution in [3.05, 3.63) is 38.4 Å². The summed E-state index contributed by atoms with van der Waals surface area (Å²) < 4.78 is 37.1. The first-order valence-electron chi connectivity index (χ1n) is 3.76. The molecule has 0 saturated carbocycles. The number of nitro groups is 1. The van der Waals surface area contributed by atoms with Crippen LogP contribution in [0, 0.1) is 17.0 Å². The quantitative estimate of drug-likeness (QED) is 0.555. The lowest BCUT2D eigenvalue weighted by Gasteiger charge is -2.09. The fraction of sp³-hybridized carbons (Fsp3) is 0.250. The largest absolute Gasteiger partial charge is 0.423 e. The van der Waals surface area contributed by atoms with Crippen molar-refractivity contribution in [3.8, 4) is 0 Å². The summed E-state index contributed by atoms with van der Waals surface area (Å²) in [6.07, 6.45) is -4.75. The lowest BCUT2D eigenvalue weighted by atomic mass is 10.1. The Morgan fingerprint density at radius 3 is 2.33 bits per heavy atom. The van der Waals surface area contributed by atoms with E-state index in [1.54, 1.807) is 0 Å². The van der Waals surface area contributed by atoms with Gasteiger partial charge in [-0.3, -0.25) is 10.1 Å². The van der Waals surface area contributed by atoms with E-state index in [4.69, 9.17) is 11.6 Å². The molecule has 0 fully saturated rings. The molecule has 0 unspecified atom stereocenters. The van der Waals surface area contributed by atoms with Gasteiger partial charge in [0.15, 0.2) is 0 Å². The van der Waals surface area contributed by atoms with Crippen molar-refractivity contribution in [3.63, 3.8) is 0 Å². The van der Waals surface area contributed by atoms with Gasteiger partial charge in [-0.25, -0.2) is 0 Å². The van der Waals surface area contributed by atoms with E-state index in [1.165, 1.54) is 6.92 Å². The topological polar surface area (TPSA) is 43.1 Å². The summed E-state index contributed by atoms with van der Waals surface area (Å²) >= 11 is 5.51. The van der Waals surface area contributed by atoms with Gasteiger partial charge in [-0.1, -0.05) is 11.6 Å². The van der Waals surface area contributed by atoms with Crippen molar-refractivity contribution in [1.82, 2.24) is 0 Å². The molecule has 0 aromatic heterocycles. The normalized spacial score (nSPS) is 11.5. The number of alkyl halides is 3. The second kappa shape index (κ2) is 3.69. The highest BCUT2D eigenvalue weighted by Crippen LogP contribution is 2.39. The summed E-state index contributed by atoms with van der Waals surface area (Å²) in [5, 5.41) is 10.4. The van der Waals surface area contributed by atoms with Gasteiger partial charge in [0.25, 0.3) is 5.69 Å². The summed E-state index contributed by atoms with van der Waals surface area (Å²) in [4.78, 5) is 9.41. The predicted molar refractivity (Wildman–Crippen MR) is 47.8 cm³/mol. The molecule has 0 aliphatic heterocycles. The molecule has 0 bridgehead atoms. The zero-order valence-corrected chi connectivity index (χ0v) is 8.19. The van der Waals surface area contributed by atoms with Gasteiger partial charge in [-0.2, -0.15) is 13.2 Å². The first-order chi connectivity index (χ1) is 6.75. The number of rotatable bonds is 1. The van der Waals surface area contributed by atoms with Crippen LogP contribution in [0.3, 0.4) is 0 Å². The Bertz CT molecular complexity index is 417. The Morgan fingerprint density at radius 1 is 1.40 bits per heavy atom. The van der Waals surface area contributed by atoms with Crippen LogP contribution >= 0.6 is 11.6 Å². The molecule has 15 heavy (non-hydrogen) atoms. The molecule has 1 rings (SSSR count). The van der Waals surface area contributed by atoms with Crippen molar-refractivity contribution in [2.24, 2.45) is 0 Å². The monoisotopic (exact) mass is 239 g/mol. The fourth-order valence-electron chi connectivity index (χ4n) is 1.14. The Labute approximate surface area is 87.6 Å². The SMILES string of the molecule is Cc1c(Cl)ccc(C(F)(F)F)c1[N+](=O)[O-]. The van der Waals surface area contributed by atoms with E-state index in [9.17, 15) is 23.3 Å². The number of hydrogen-bond donors (Lipinski definition) is 0. The molecule has 0 atom stereocenters. The predicted octanol–water partition coefficient (Wildman–Crippen LogP) is 3.58. The first-order valence-corrected chi connectivity index (χ1v) is 4.13. The van der Waals surface area contributed by atoms with Crippen LogP contribution in [0.5, 0.6) is 0 Å². The van der Waals surface area contributed by atoms with E-state index in [0.717, 1.165) is 6.07 Å². The van der Waals surface area contributed by atoms with Gasteiger partial charge in [-0.15, -0.1) is 0 Å². The van der Waals surface area contributed by atoms with Crippen LogP contribution < -0.4 is 0 Å². The third-order valence-electron chi connectivity index (χ3n) is 1.85. The van der Waals surface area contributed by atoms with Gasteiger partial charge >= 0.3 is 6.18 Å². The molecule has 0 aliphatic carbocycles. The molecule has 0 spiro atoms. The maximum atomic E-state index is 12.4. The number of nitrogens with zero attached hydrogens (tertiary/aromatic N) is 1. The van der Waals surface area contributed by atoms with Crippen LogP contribution in [0.15, 0.2) is 12.1 Å².